The van der Waals surface area contributed by atoms with Gasteiger partial charge in [-0.25, -0.2) is 4.21 Å². The lowest BCUT2D eigenvalue weighted by molar-refractivity contribution is -0.149. The number of rotatable bonds is 3. The molecule has 2 aromatic carbocycles. The number of ether oxygens (including phenoxy) is 2. The van der Waals surface area contributed by atoms with E-state index < -0.39 is 21.4 Å². The van der Waals surface area contributed by atoms with Crippen LogP contribution in [0, 0.1) is 0 Å². The first kappa shape index (κ1) is 16.8. The van der Waals surface area contributed by atoms with Gasteiger partial charge in [-0.1, -0.05) is 30.3 Å². The van der Waals surface area contributed by atoms with Crippen LogP contribution in [0.15, 0.2) is 63.9 Å². The fourth-order valence-electron chi connectivity index (χ4n) is 2.54. The molecule has 1 unspecified atom stereocenters. The van der Waals surface area contributed by atoms with Gasteiger partial charge in [-0.2, -0.15) is 4.36 Å². The topological polar surface area (TPSA) is 65.0 Å². The van der Waals surface area contributed by atoms with Crippen LogP contribution in [0.25, 0.3) is 0 Å². The van der Waals surface area contributed by atoms with Crippen molar-refractivity contribution >= 4 is 15.6 Å². The number of benzene rings is 2. The van der Waals surface area contributed by atoms with Crippen LogP contribution >= 0.6 is 0 Å². The lowest BCUT2D eigenvalue weighted by Crippen LogP contribution is -2.22. The van der Waals surface area contributed by atoms with Crippen molar-refractivity contribution in [3.8, 4) is 0 Å². The third kappa shape index (κ3) is 3.40. The van der Waals surface area contributed by atoms with E-state index in [-0.39, 0.29) is 0 Å². The molecule has 0 bridgehead atoms. The SMILES string of the molecule is CC1(c2ccc(S(C)(=O)=NC(=O)c3ccccc3)cc2)OCCO1. The molecule has 0 aliphatic carbocycles. The zero-order valence-corrected chi connectivity index (χ0v) is 14.4. The predicted octanol–water partition coefficient (Wildman–Crippen LogP) is 3.20. The maximum Gasteiger partial charge on any atom is 0.285 e. The summed E-state index contributed by atoms with van der Waals surface area (Å²) in [5, 5.41) is 0. The van der Waals surface area contributed by atoms with Crippen LogP contribution < -0.4 is 0 Å². The summed E-state index contributed by atoms with van der Waals surface area (Å²) in [5.41, 5.74) is 1.26. The van der Waals surface area contributed by atoms with Crippen LogP contribution in [0.3, 0.4) is 0 Å². The summed E-state index contributed by atoms with van der Waals surface area (Å²) in [5.74, 6) is -1.26. The largest absolute Gasteiger partial charge is 0.344 e. The molecule has 5 nitrogen and oxygen atoms in total. The molecule has 1 fully saturated rings. The average Bonchev–Trinajstić information content (AvgIpc) is 3.03. The van der Waals surface area contributed by atoms with Crippen LogP contribution in [0.1, 0.15) is 22.8 Å². The van der Waals surface area contributed by atoms with Crippen molar-refractivity contribution < 1.29 is 18.5 Å². The second-order valence-electron chi connectivity index (χ2n) is 5.73. The van der Waals surface area contributed by atoms with Crippen molar-refractivity contribution in [3.05, 3.63) is 65.7 Å². The van der Waals surface area contributed by atoms with Crippen LogP contribution in [0.5, 0.6) is 0 Å². The normalized spacial score (nSPS) is 18.8. The molecular formula is C18H19NO4S. The van der Waals surface area contributed by atoms with Gasteiger partial charge in [0.15, 0.2) is 5.79 Å². The first-order chi connectivity index (χ1) is 11.4. The van der Waals surface area contributed by atoms with E-state index in [1.54, 1.807) is 48.5 Å². The van der Waals surface area contributed by atoms with Gasteiger partial charge in [0, 0.05) is 22.3 Å². The molecule has 0 saturated carbocycles. The Hall–Kier alpha value is -2.02. The van der Waals surface area contributed by atoms with E-state index in [0.717, 1.165) is 5.56 Å². The van der Waals surface area contributed by atoms with E-state index in [2.05, 4.69) is 4.36 Å². The molecule has 1 amide bonds. The number of nitrogens with zero attached hydrogens (tertiary/aromatic N) is 1. The van der Waals surface area contributed by atoms with Crippen molar-refractivity contribution in [2.45, 2.75) is 17.6 Å². The number of hydrogen-bond acceptors (Lipinski definition) is 4. The number of amides is 1. The molecule has 1 aliphatic rings. The van der Waals surface area contributed by atoms with Gasteiger partial charge in [0.25, 0.3) is 5.91 Å². The van der Waals surface area contributed by atoms with Crippen molar-refractivity contribution in [3.63, 3.8) is 0 Å². The van der Waals surface area contributed by atoms with E-state index >= 15 is 0 Å². The Morgan fingerprint density at radius 2 is 1.62 bits per heavy atom. The van der Waals surface area contributed by atoms with E-state index in [0.29, 0.717) is 23.7 Å². The Morgan fingerprint density at radius 3 is 2.21 bits per heavy atom. The highest BCUT2D eigenvalue weighted by atomic mass is 32.2. The van der Waals surface area contributed by atoms with Crippen molar-refractivity contribution in [2.24, 2.45) is 4.36 Å². The van der Waals surface area contributed by atoms with Gasteiger partial charge in [0.05, 0.1) is 22.9 Å². The molecule has 1 saturated heterocycles. The van der Waals surface area contributed by atoms with E-state index in [1.165, 1.54) is 6.26 Å². The Kier molecular flexibility index (Phi) is 4.54. The first-order valence-corrected chi connectivity index (χ1v) is 9.53. The Bertz CT molecular complexity index is 846. The van der Waals surface area contributed by atoms with E-state index in [1.807, 2.05) is 13.0 Å². The lowest BCUT2D eigenvalue weighted by atomic mass is 10.1. The van der Waals surface area contributed by atoms with Gasteiger partial charge in [-0.05, 0) is 31.2 Å². The fourth-order valence-corrected chi connectivity index (χ4v) is 3.70. The second kappa shape index (κ2) is 6.47. The summed E-state index contributed by atoms with van der Waals surface area (Å²) < 4.78 is 28.0. The summed E-state index contributed by atoms with van der Waals surface area (Å²) in [6, 6.07) is 15.6. The third-order valence-electron chi connectivity index (χ3n) is 3.93. The molecule has 1 heterocycles. The number of carbonyl (C=O) groups is 1. The number of hydrogen-bond donors (Lipinski definition) is 0. The highest BCUT2D eigenvalue weighted by Crippen LogP contribution is 2.31. The standard InChI is InChI=1S/C18H19NO4S/c1-18(22-12-13-23-18)15-8-10-16(11-9-15)24(2,21)19-17(20)14-6-4-3-5-7-14/h3-11H,12-13H2,1-2H3. The van der Waals surface area contributed by atoms with Gasteiger partial charge in [-0.15, -0.1) is 0 Å². The molecular weight excluding hydrogens is 326 g/mol. The molecule has 0 aromatic heterocycles. The molecule has 1 aliphatic heterocycles. The Labute approximate surface area is 141 Å². The smallest absolute Gasteiger partial charge is 0.285 e. The second-order valence-corrected chi connectivity index (χ2v) is 7.99. The van der Waals surface area contributed by atoms with Crippen molar-refractivity contribution in [1.82, 2.24) is 0 Å². The molecule has 3 rings (SSSR count). The minimum absolute atomic E-state index is 0.420. The summed E-state index contributed by atoms with van der Waals surface area (Å²) >= 11 is 0. The highest BCUT2D eigenvalue weighted by Gasteiger charge is 2.33. The summed E-state index contributed by atoms with van der Waals surface area (Å²) in [6.45, 7) is 2.94. The zero-order chi connectivity index (χ0) is 17.2. The minimum atomic E-state index is -2.82. The third-order valence-corrected chi connectivity index (χ3v) is 5.59. The van der Waals surface area contributed by atoms with Crippen LogP contribution in [-0.2, 0) is 25.0 Å². The minimum Gasteiger partial charge on any atom is -0.344 e. The summed E-state index contributed by atoms with van der Waals surface area (Å²) in [6.07, 6.45) is 1.47. The highest BCUT2D eigenvalue weighted by molar-refractivity contribution is 7.93. The van der Waals surface area contributed by atoms with Crippen LogP contribution in [-0.4, -0.2) is 29.6 Å². The summed E-state index contributed by atoms with van der Waals surface area (Å²) in [4.78, 5) is 12.7. The molecule has 126 valence electrons. The molecule has 6 heteroatoms. The number of carbonyl (C=O) groups excluding carboxylic acids is 1. The first-order valence-electron chi connectivity index (χ1n) is 7.61. The molecule has 1 atom stereocenters. The van der Waals surface area contributed by atoms with Gasteiger partial charge >= 0.3 is 0 Å². The molecule has 0 radical (unpaired) electrons. The van der Waals surface area contributed by atoms with Crippen molar-refractivity contribution in [1.29, 1.82) is 0 Å². The van der Waals surface area contributed by atoms with E-state index in [9.17, 15) is 9.00 Å². The monoisotopic (exact) mass is 345 g/mol. The lowest BCUT2D eigenvalue weighted by Gasteiger charge is -2.22. The van der Waals surface area contributed by atoms with Gasteiger partial charge in [0.2, 0.25) is 0 Å². The van der Waals surface area contributed by atoms with Crippen LogP contribution in [0.2, 0.25) is 0 Å². The van der Waals surface area contributed by atoms with Gasteiger partial charge < -0.3 is 9.47 Å². The Balaban J connectivity index is 1.88. The van der Waals surface area contributed by atoms with Gasteiger partial charge in [-0.3, -0.25) is 4.79 Å². The average molecular weight is 345 g/mol. The predicted molar refractivity (Wildman–Crippen MR) is 91.2 cm³/mol. The maximum atomic E-state index is 12.8. The molecule has 2 aromatic rings. The van der Waals surface area contributed by atoms with Crippen molar-refractivity contribution in [2.75, 3.05) is 19.5 Å². The van der Waals surface area contributed by atoms with Gasteiger partial charge in [0.1, 0.15) is 0 Å². The van der Waals surface area contributed by atoms with Crippen LogP contribution in [0.4, 0.5) is 0 Å². The molecule has 0 N–H and O–H groups in total. The maximum absolute atomic E-state index is 12.8. The van der Waals surface area contributed by atoms with E-state index in [4.69, 9.17) is 9.47 Å². The quantitative estimate of drug-likeness (QED) is 0.857. The molecule has 24 heavy (non-hydrogen) atoms. The molecule has 0 spiro atoms. The Morgan fingerprint density at radius 1 is 1.04 bits per heavy atom. The summed E-state index contributed by atoms with van der Waals surface area (Å²) in [7, 11) is -2.82. The zero-order valence-electron chi connectivity index (χ0n) is 13.6. The fraction of sp³-hybridized carbons (Fsp3) is 0.278.